The van der Waals surface area contributed by atoms with Gasteiger partial charge in [-0.05, 0) is 38.1 Å². The van der Waals surface area contributed by atoms with Crippen LogP contribution in [0.2, 0.25) is 0 Å². The molecule has 0 radical (unpaired) electrons. The van der Waals surface area contributed by atoms with Crippen molar-refractivity contribution in [3.05, 3.63) is 35.4 Å². The summed E-state index contributed by atoms with van der Waals surface area (Å²) in [6, 6.07) is 7.52. The average molecular weight is 249 g/mol. The summed E-state index contributed by atoms with van der Waals surface area (Å²) in [5.74, 6) is -0.878. The van der Waals surface area contributed by atoms with Gasteiger partial charge in [0.25, 0.3) is 0 Å². The van der Waals surface area contributed by atoms with Crippen molar-refractivity contribution >= 4 is 5.97 Å². The molecule has 0 spiro atoms. The Morgan fingerprint density at radius 1 is 1.56 bits per heavy atom. The quantitative estimate of drug-likeness (QED) is 0.886. The molecule has 1 N–H and O–H groups in total. The van der Waals surface area contributed by atoms with Crippen LogP contribution in [-0.2, 0) is 11.3 Å². The van der Waals surface area contributed by atoms with Crippen LogP contribution in [0.25, 0.3) is 0 Å². The van der Waals surface area contributed by atoms with Crippen LogP contribution in [-0.4, -0.2) is 41.8 Å². The van der Waals surface area contributed by atoms with Crippen molar-refractivity contribution < 1.29 is 14.6 Å². The third kappa shape index (κ3) is 2.89. The maximum absolute atomic E-state index is 10.9. The maximum Gasteiger partial charge on any atom is 0.335 e. The number of likely N-dealkylation sites (N-methyl/N-ethyl adjacent to an activating group) is 1. The van der Waals surface area contributed by atoms with E-state index in [4.69, 9.17) is 9.84 Å². The van der Waals surface area contributed by atoms with E-state index in [0.717, 1.165) is 25.1 Å². The summed E-state index contributed by atoms with van der Waals surface area (Å²) in [5.41, 5.74) is 1.37. The largest absolute Gasteiger partial charge is 0.478 e. The zero-order valence-electron chi connectivity index (χ0n) is 10.8. The Bertz CT molecular complexity index is 433. The number of hydrogen-bond acceptors (Lipinski definition) is 3. The van der Waals surface area contributed by atoms with Crippen LogP contribution < -0.4 is 0 Å². The molecule has 1 heterocycles. The molecule has 1 fully saturated rings. The molecule has 0 bridgehead atoms. The highest BCUT2D eigenvalue weighted by molar-refractivity contribution is 5.87. The van der Waals surface area contributed by atoms with Gasteiger partial charge in [-0.1, -0.05) is 12.1 Å². The lowest BCUT2D eigenvalue weighted by atomic mass is 10.1. The number of carbonyl (C=O) groups is 1. The molecule has 1 aliphatic heterocycles. The summed E-state index contributed by atoms with van der Waals surface area (Å²) in [5, 5.41) is 8.96. The van der Waals surface area contributed by atoms with Gasteiger partial charge < -0.3 is 9.84 Å². The van der Waals surface area contributed by atoms with Crippen molar-refractivity contribution in [1.29, 1.82) is 0 Å². The van der Waals surface area contributed by atoms with Crippen molar-refractivity contribution in [1.82, 2.24) is 4.90 Å². The fourth-order valence-corrected chi connectivity index (χ4v) is 2.51. The first-order chi connectivity index (χ1) is 8.58. The summed E-state index contributed by atoms with van der Waals surface area (Å²) in [6.07, 6.45) is 1.29. The molecule has 2 unspecified atom stereocenters. The number of hydrogen-bond donors (Lipinski definition) is 1. The van der Waals surface area contributed by atoms with Crippen LogP contribution in [0, 0.1) is 0 Å². The topological polar surface area (TPSA) is 49.8 Å². The number of carboxylic acids is 1. The van der Waals surface area contributed by atoms with E-state index in [2.05, 4.69) is 18.9 Å². The number of aromatic carboxylic acids is 1. The van der Waals surface area contributed by atoms with Crippen molar-refractivity contribution in [3.8, 4) is 0 Å². The van der Waals surface area contributed by atoms with Gasteiger partial charge in [-0.3, -0.25) is 4.90 Å². The Morgan fingerprint density at radius 3 is 2.94 bits per heavy atom. The molecule has 4 nitrogen and oxygen atoms in total. The Balaban J connectivity index is 2.04. The van der Waals surface area contributed by atoms with Gasteiger partial charge in [-0.2, -0.15) is 0 Å². The molecule has 0 amide bonds. The van der Waals surface area contributed by atoms with Gasteiger partial charge in [0.2, 0.25) is 0 Å². The zero-order valence-corrected chi connectivity index (χ0v) is 10.8. The minimum atomic E-state index is -0.878. The number of carboxylic acid groups (broad SMARTS) is 1. The Kier molecular flexibility index (Phi) is 3.99. The van der Waals surface area contributed by atoms with E-state index in [0.29, 0.717) is 11.6 Å². The van der Waals surface area contributed by atoms with E-state index in [1.165, 1.54) is 0 Å². The van der Waals surface area contributed by atoms with Crippen LogP contribution >= 0.6 is 0 Å². The Hall–Kier alpha value is -1.39. The van der Waals surface area contributed by atoms with E-state index in [-0.39, 0.29) is 6.10 Å². The molecule has 4 heteroatoms. The zero-order chi connectivity index (χ0) is 13.1. The molecule has 1 aromatic rings. The highest BCUT2D eigenvalue weighted by Gasteiger charge is 2.27. The van der Waals surface area contributed by atoms with Gasteiger partial charge in [0.15, 0.2) is 0 Å². The summed E-state index contributed by atoms with van der Waals surface area (Å²) in [6.45, 7) is 3.65. The second kappa shape index (κ2) is 5.50. The molecule has 2 rings (SSSR count). The van der Waals surface area contributed by atoms with E-state index in [1.54, 1.807) is 18.2 Å². The van der Waals surface area contributed by atoms with Crippen molar-refractivity contribution in [2.75, 3.05) is 13.7 Å². The molecule has 98 valence electrons. The molecule has 1 saturated heterocycles. The van der Waals surface area contributed by atoms with Gasteiger partial charge in [-0.25, -0.2) is 4.79 Å². The molecule has 0 saturated carbocycles. The lowest BCUT2D eigenvalue weighted by molar-refractivity contribution is 0.0695. The van der Waals surface area contributed by atoms with Gasteiger partial charge in [0.05, 0.1) is 11.7 Å². The first-order valence-corrected chi connectivity index (χ1v) is 6.22. The summed E-state index contributed by atoms with van der Waals surface area (Å²) in [7, 11) is 2.06. The molecular weight excluding hydrogens is 230 g/mol. The third-order valence-corrected chi connectivity index (χ3v) is 3.51. The van der Waals surface area contributed by atoms with Gasteiger partial charge in [0, 0.05) is 19.2 Å². The van der Waals surface area contributed by atoms with Crippen molar-refractivity contribution in [3.63, 3.8) is 0 Å². The third-order valence-electron chi connectivity index (χ3n) is 3.51. The fraction of sp³-hybridized carbons (Fsp3) is 0.500. The number of nitrogens with zero attached hydrogens (tertiary/aromatic N) is 1. The fourth-order valence-electron chi connectivity index (χ4n) is 2.51. The summed E-state index contributed by atoms with van der Waals surface area (Å²) in [4.78, 5) is 13.1. The molecule has 2 atom stereocenters. The molecule has 18 heavy (non-hydrogen) atoms. The Morgan fingerprint density at radius 2 is 2.33 bits per heavy atom. The van der Waals surface area contributed by atoms with Gasteiger partial charge in [-0.15, -0.1) is 0 Å². The predicted octanol–water partition coefficient (Wildman–Crippen LogP) is 1.99. The highest BCUT2D eigenvalue weighted by Crippen LogP contribution is 2.20. The second-order valence-corrected chi connectivity index (χ2v) is 4.85. The molecule has 0 aliphatic carbocycles. The van der Waals surface area contributed by atoms with Crippen LogP contribution in [0.5, 0.6) is 0 Å². The van der Waals surface area contributed by atoms with E-state index >= 15 is 0 Å². The maximum atomic E-state index is 10.9. The van der Waals surface area contributed by atoms with E-state index < -0.39 is 5.97 Å². The first kappa shape index (κ1) is 13.1. The van der Waals surface area contributed by atoms with Crippen LogP contribution in [0.3, 0.4) is 0 Å². The smallest absolute Gasteiger partial charge is 0.335 e. The Labute approximate surface area is 107 Å². The lowest BCUT2D eigenvalue weighted by Crippen LogP contribution is -2.36. The van der Waals surface area contributed by atoms with Crippen molar-refractivity contribution in [2.24, 2.45) is 0 Å². The molecule has 1 aliphatic rings. The van der Waals surface area contributed by atoms with Crippen LogP contribution in [0.4, 0.5) is 0 Å². The number of ether oxygens (including phenoxy) is 1. The minimum absolute atomic E-state index is 0.248. The standard InChI is InChI=1S/C14H19NO3/c1-10-13(6-7-18-10)15(2)9-11-4-3-5-12(8-11)14(16)17/h3-5,8,10,13H,6-7,9H2,1-2H3,(H,16,17). The molecule has 1 aromatic carbocycles. The van der Waals surface area contributed by atoms with E-state index in [1.807, 2.05) is 6.07 Å². The second-order valence-electron chi connectivity index (χ2n) is 4.85. The number of rotatable bonds is 4. The SMILES string of the molecule is CC1OCCC1N(C)Cc1cccc(C(=O)O)c1. The lowest BCUT2D eigenvalue weighted by Gasteiger charge is -2.26. The van der Waals surface area contributed by atoms with Crippen LogP contribution in [0.15, 0.2) is 24.3 Å². The monoisotopic (exact) mass is 249 g/mol. The van der Waals surface area contributed by atoms with E-state index in [9.17, 15) is 4.79 Å². The van der Waals surface area contributed by atoms with Gasteiger partial charge >= 0.3 is 5.97 Å². The normalized spacial score (nSPS) is 23.5. The van der Waals surface area contributed by atoms with Crippen LogP contribution in [0.1, 0.15) is 29.3 Å². The molecule has 0 aromatic heterocycles. The summed E-state index contributed by atoms with van der Waals surface area (Å²) < 4.78 is 5.55. The highest BCUT2D eigenvalue weighted by atomic mass is 16.5. The predicted molar refractivity (Wildman–Crippen MR) is 68.7 cm³/mol. The molecular formula is C14H19NO3. The minimum Gasteiger partial charge on any atom is -0.478 e. The van der Waals surface area contributed by atoms with Gasteiger partial charge in [0.1, 0.15) is 0 Å². The average Bonchev–Trinajstić information content (AvgIpc) is 2.76. The van der Waals surface area contributed by atoms with Crippen molar-refractivity contribution in [2.45, 2.75) is 32.0 Å². The first-order valence-electron chi connectivity index (χ1n) is 6.22. The summed E-state index contributed by atoms with van der Waals surface area (Å²) >= 11 is 0. The number of benzene rings is 1.